The minimum Gasteiger partial charge on any atom is -0.497 e. The lowest BCUT2D eigenvalue weighted by atomic mass is 10.2. The zero-order valence-electron chi connectivity index (χ0n) is 17.5. The molecule has 3 aromatic rings. The van der Waals surface area contributed by atoms with Gasteiger partial charge in [-0.3, -0.25) is 19.7 Å². The summed E-state index contributed by atoms with van der Waals surface area (Å²) in [6.45, 7) is 2.73. The molecule has 3 heterocycles. The van der Waals surface area contributed by atoms with E-state index in [0.29, 0.717) is 23.9 Å². The molecule has 4 rings (SSSR count). The number of hydrogen-bond acceptors (Lipinski definition) is 7. The molecule has 0 atom stereocenters. The Morgan fingerprint density at radius 2 is 2.00 bits per heavy atom. The van der Waals surface area contributed by atoms with E-state index in [2.05, 4.69) is 20.2 Å². The van der Waals surface area contributed by atoms with Crippen LogP contribution in [0.15, 0.2) is 52.8 Å². The summed E-state index contributed by atoms with van der Waals surface area (Å²) >= 11 is 1.22. The lowest BCUT2D eigenvalue weighted by Gasteiger charge is -2.36. The number of thiazole rings is 1. The van der Waals surface area contributed by atoms with Crippen molar-refractivity contribution < 1.29 is 14.3 Å². The van der Waals surface area contributed by atoms with E-state index < -0.39 is 11.5 Å². The monoisotopic (exact) mass is 453 g/mol. The molecule has 1 fully saturated rings. The molecule has 9 nitrogen and oxygen atoms in total. The Morgan fingerprint density at radius 3 is 2.75 bits per heavy atom. The van der Waals surface area contributed by atoms with Crippen molar-refractivity contribution in [3.05, 3.63) is 69.6 Å². The lowest BCUT2D eigenvalue weighted by molar-refractivity contribution is -0.130. The number of anilines is 2. The molecule has 1 aliphatic heterocycles. The van der Waals surface area contributed by atoms with Crippen LogP contribution < -0.4 is 20.5 Å². The van der Waals surface area contributed by atoms with Crippen molar-refractivity contribution in [2.75, 3.05) is 43.5 Å². The molecule has 32 heavy (non-hydrogen) atoms. The number of H-pyrrole nitrogens is 1. The average Bonchev–Trinajstić information content (AvgIpc) is 3.26. The normalized spacial score (nSPS) is 13.7. The minimum absolute atomic E-state index is 0.00188. The van der Waals surface area contributed by atoms with Gasteiger partial charge in [-0.1, -0.05) is 6.07 Å². The topological polar surface area (TPSA) is 108 Å². The third-order valence-corrected chi connectivity index (χ3v) is 6.02. The van der Waals surface area contributed by atoms with E-state index in [1.165, 1.54) is 23.6 Å². The number of aromatic amines is 1. The first-order valence-corrected chi connectivity index (χ1v) is 11.0. The Balaban J connectivity index is 1.30. The highest BCUT2D eigenvalue weighted by molar-refractivity contribution is 7.14. The van der Waals surface area contributed by atoms with E-state index in [4.69, 9.17) is 4.74 Å². The summed E-state index contributed by atoms with van der Waals surface area (Å²) in [6.07, 6.45) is 1.63. The quantitative estimate of drug-likeness (QED) is 0.591. The van der Waals surface area contributed by atoms with E-state index in [0.717, 1.165) is 24.5 Å². The molecule has 2 aromatic heterocycles. The Labute approximate surface area is 188 Å². The van der Waals surface area contributed by atoms with Gasteiger partial charge in [-0.2, -0.15) is 0 Å². The van der Waals surface area contributed by atoms with Crippen LogP contribution in [0.4, 0.5) is 10.8 Å². The number of benzene rings is 1. The number of piperazine rings is 1. The molecule has 166 valence electrons. The Morgan fingerprint density at radius 1 is 1.19 bits per heavy atom. The molecule has 0 aliphatic carbocycles. The first kappa shape index (κ1) is 21.6. The van der Waals surface area contributed by atoms with Crippen LogP contribution in [0, 0.1) is 0 Å². The summed E-state index contributed by atoms with van der Waals surface area (Å²) in [5, 5.41) is 4.71. The van der Waals surface area contributed by atoms with E-state index in [9.17, 15) is 14.4 Å². The van der Waals surface area contributed by atoms with Gasteiger partial charge in [-0.25, -0.2) is 4.98 Å². The van der Waals surface area contributed by atoms with Gasteiger partial charge in [-0.05, 0) is 24.3 Å². The zero-order chi connectivity index (χ0) is 22.5. The van der Waals surface area contributed by atoms with Crippen molar-refractivity contribution >= 4 is 34.0 Å². The van der Waals surface area contributed by atoms with Gasteiger partial charge >= 0.3 is 0 Å². The van der Waals surface area contributed by atoms with Crippen LogP contribution in [-0.4, -0.2) is 60.0 Å². The first-order chi connectivity index (χ1) is 15.5. The highest BCUT2D eigenvalue weighted by atomic mass is 32.1. The van der Waals surface area contributed by atoms with Crippen molar-refractivity contribution in [1.82, 2.24) is 14.9 Å². The number of amides is 2. The number of nitrogens with one attached hydrogen (secondary N) is 2. The van der Waals surface area contributed by atoms with E-state index in [1.54, 1.807) is 18.6 Å². The molecular formula is C22H23N5O4S. The van der Waals surface area contributed by atoms with Gasteiger partial charge < -0.3 is 19.5 Å². The van der Waals surface area contributed by atoms with E-state index in [-0.39, 0.29) is 17.9 Å². The molecule has 2 amide bonds. The predicted octanol–water partition coefficient (Wildman–Crippen LogP) is 1.98. The summed E-state index contributed by atoms with van der Waals surface area (Å²) in [6, 6.07) is 10.9. The van der Waals surface area contributed by atoms with Gasteiger partial charge in [0, 0.05) is 49.5 Å². The van der Waals surface area contributed by atoms with Gasteiger partial charge in [0.25, 0.3) is 11.5 Å². The standard InChI is InChI=1S/C22H23N5O4S/c1-31-17-5-2-4-16(13-17)26-8-10-27(11-9-26)19(28)12-15-14-32-22(24-15)25-21(30)18-6-3-7-23-20(18)29/h2-7,13-14H,8-12H2,1H3,(H,23,29)(H,24,25,30). The van der Waals surface area contributed by atoms with Gasteiger partial charge in [0.15, 0.2) is 5.13 Å². The van der Waals surface area contributed by atoms with Crippen LogP contribution >= 0.6 is 11.3 Å². The van der Waals surface area contributed by atoms with Gasteiger partial charge in [0.05, 0.1) is 19.2 Å². The van der Waals surface area contributed by atoms with Crippen molar-refractivity contribution in [1.29, 1.82) is 0 Å². The molecule has 0 radical (unpaired) electrons. The van der Waals surface area contributed by atoms with Gasteiger partial charge in [-0.15, -0.1) is 11.3 Å². The molecule has 2 N–H and O–H groups in total. The van der Waals surface area contributed by atoms with Crippen molar-refractivity contribution in [3.63, 3.8) is 0 Å². The number of ether oxygens (including phenoxy) is 1. The third kappa shape index (κ3) is 4.97. The smallest absolute Gasteiger partial charge is 0.263 e. The van der Waals surface area contributed by atoms with Crippen LogP contribution in [0.1, 0.15) is 16.1 Å². The molecule has 1 saturated heterocycles. The Kier molecular flexibility index (Phi) is 6.50. The fraction of sp³-hybridized carbons (Fsp3) is 0.273. The zero-order valence-corrected chi connectivity index (χ0v) is 18.4. The van der Waals surface area contributed by atoms with Crippen LogP contribution in [0.5, 0.6) is 5.75 Å². The van der Waals surface area contributed by atoms with E-state index in [1.807, 2.05) is 29.2 Å². The van der Waals surface area contributed by atoms with Crippen molar-refractivity contribution in [3.8, 4) is 5.75 Å². The maximum absolute atomic E-state index is 12.7. The molecule has 0 bridgehead atoms. The average molecular weight is 454 g/mol. The number of carbonyl (C=O) groups excluding carboxylic acids is 2. The van der Waals surface area contributed by atoms with Gasteiger partial charge in [0.1, 0.15) is 11.3 Å². The summed E-state index contributed by atoms with van der Waals surface area (Å²) in [4.78, 5) is 47.6. The second kappa shape index (κ2) is 9.65. The van der Waals surface area contributed by atoms with Crippen LogP contribution in [0.3, 0.4) is 0 Å². The molecule has 10 heteroatoms. The number of aromatic nitrogens is 2. The van der Waals surface area contributed by atoms with Crippen LogP contribution in [0.25, 0.3) is 0 Å². The van der Waals surface area contributed by atoms with Crippen molar-refractivity contribution in [2.45, 2.75) is 6.42 Å². The van der Waals surface area contributed by atoms with Crippen LogP contribution in [0.2, 0.25) is 0 Å². The number of pyridine rings is 1. The van der Waals surface area contributed by atoms with Gasteiger partial charge in [0.2, 0.25) is 5.91 Å². The maximum atomic E-state index is 12.7. The fourth-order valence-electron chi connectivity index (χ4n) is 3.50. The third-order valence-electron chi connectivity index (χ3n) is 5.22. The Bertz CT molecular complexity index is 1170. The molecular weight excluding hydrogens is 430 g/mol. The highest BCUT2D eigenvalue weighted by Gasteiger charge is 2.22. The predicted molar refractivity (Wildman–Crippen MR) is 123 cm³/mol. The summed E-state index contributed by atoms with van der Waals surface area (Å²) < 4.78 is 5.29. The fourth-order valence-corrected chi connectivity index (χ4v) is 4.20. The number of hydrogen-bond donors (Lipinski definition) is 2. The maximum Gasteiger partial charge on any atom is 0.263 e. The van der Waals surface area contributed by atoms with E-state index >= 15 is 0 Å². The minimum atomic E-state index is -0.534. The summed E-state index contributed by atoms with van der Waals surface area (Å²) in [5.41, 5.74) is 1.21. The molecule has 1 aromatic carbocycles. The Hall–Kier alpha value is -3.66. The molecule has 1 aliphatic rings. The second-order valence-corrected chi connectivity index (χ2v) is 8.12. The highest BCUT2D eigenvalue weighted by Crippen LogP contribution is 2.22. The number of methoxy groups -OCH3 is 1. The number of rotatable bonds is 6. The molecule has 0 saturated carbocycles. The number of nitrogens with zero attached hydrogens (tertiary/aromatic N) is 3. The van der Waals surface area contributed by atoms with Crippen LogP contribution in [-0.2, 0) is 11.2 Å². The molecule has 0 spiro atoms. The SMILES string of the molecule is COc1cccc(N2CCN(C(=O)Cc3csc(NC(=O)c4ccc[nH]c4=O)n3)CC2)c1. The molecule has 0 unspecified atom stereocenters. The lowest BCUT2D eigenvalue weighted by Crippen LogP contribution is -2.49. The second-order valence-electron chi connectivity index (χ2n) is 7.26. The summed E-state index contributed by atoms with van der Waals surface area (Å²) in [5.74, 6) is 0.273. The summed E-state index contributed by atoms with van der Waals surface area (Å²) in [7, 11) is 1.65. The largest absolute Gasteiger partial charge is 0.497 e. The number of carbonyl (C=O) groups is 2. The van der Waals surface area contributed by atoms with Crippen molar-refractivity contribution in [2.24, 2.45) is 0 Å². The first-order valence-electron chi connectivity index (χ1n) is 10.1.